The number of carbonyl (C=O) groups excluding carboxylic acids is 1. The average molecular weight is 402 g/mol. The van der Waals surface area contributed by atoms with Gasteiger partial charge >= 0.3 is 0 Å². The molecule has 0 radical (unpaired) electrons. The lowest BCUT2D eigenvalue weighted by Gasteiger charge is -2.32. The lowest BCUT2D eigenvalue weighted by Crippen LogP contribution is -2.44. The van der Waals surface area contributed by atoms with Gasteiger partial charge in [-0.05, 0) is 49.4 Å². The lowest BCUT2D eigenvalue weighted by molar-refractivity contribution is -0.125. The zero-order chi connectivity index (χ0) is 19.8. The lowest BCUT2D eigenvalue weighted by atomic mass is 9.97. The summed E-state index contributed by atoms with van der Waals surface area (Å²) in [5.41, 5.74) is 0.926. The fourth-order valence-electron chi connectivity index (χ4n) is 3.19. The molecule has 1 atom stereocenters. The van der Waals surface area contributed by atoms with Gasteiger partial charge in [0.2, 0.25) is 11.9 Å². The number of nitrogens with zero attached hydrogens (tertiary/aromatic N) is 3. The molecular formula is C20H27N5O2S. The van der Waals surface area contributed by atoms with E-state index in [1.165, 1.54) is 0 Å². The second kappa shape index (κ2) is 10.2. The van der Waals surface area contributed by atoms with Crippen LogP contribution in [0.15, 0.2) is 36.5 Å². The zero-order valence-electron chi connectivity index (χ0n) is 16.4. The van der Waals surface area contributed by atoms with Gasteiger partial charge in [-0.2, -0.15) is 16.7 Å². The normalized spacial score (nSPS) is 16.5. The predicted octanol–water partition coefficient (Wildman–Crippen LogP) is 2.92. The number of amides is 1. The molecular weight excluding hydrogens is 374 g/mol. The van der Waals surface area contributed by atoms with Crippen LogP contribution in [0.25, 0.3) is 0 Å². The van der Waals surface area contributed by atoms with Crippen molar-refractivity contribution in [3.05, 3.63) is 36.5 Å². The maximum atomic E-state index is 12.4. The first kappa shape index (κ1) is 20.3. The van der Waals surface area contributed by atoms with Crippen molar-refractivity contribution < 1.29 is 9.53 Å². The second-order valence-electron chi connectivity index (χ2n) is 6.66. The van der Waals surface area contributed by atoms with Crippen LogP contribution in [0.3, 0.4) is 0 Å². The van der Waals surface area contributed by atoms with E-state index in [0.29, 0.717) is 19.0 Å². The summed E-state index contributed by atoms with van der Waals surface area (Å²) in [5.74, 6) is 3.24. The molecule has 3 rings (SSSR count). The van der Waals surface area contributed by atoms with E-state index in [9.17, 15) is 4.79 Å². The van der Waals surface area contributed by atoms with Crippen LogP contribution in [-0.4, -0.2) is 54.6 Å². The van der Waals surface area contributed by atoms with Crippen molar-refractivity contribution in [3.63, 3.8) is 0 Å². The van der Waals surface area contributed by atoms with Crippen LogP contribution in [0.1, 0.15) is 12.8 Å². The summed E-state index contributed by atoms with van der Waals surface area (Å²) >= 11 is 1.73. The van der Waals surface area contributed by atoms with Gasteiger partial charge in [-0.15, -0.1) is 0 Å². The van der Waals surface area contributed by atoms with Crippen molar-refractivity contribution in [2.75, 3.05) is 49.0 Å². The molecule has 1 aromatic heterocycles. The number of rotatable bonds is 8. The third kappa shape index (κ3) is 5.51. The minimum absolute atomic E-state index is 0.0163. The number of carbonyl (C=O) groups is 1. The van der Waals surface area contributed by atoms with Crippen molar-refractivity contribution in [3.8, 4) is 5.75 Å². The van der Waals surface area contributed by atoms with Crippen LogP contribution < -0.4 is 20.3 Å². The standard InChI is InChI=1S/C20H27N5O2S/c1-27-17-7-5-16(6-8-17)23-18-9-10-22-20(24-18)25-12-3-4-15(14-25)19(26)21-11-13-28-2/h5-10,15H,3-4,11-14H2,1-2H3,(H,21,26)(H,22,23,24). The van der Waals surface area contributed by atoms with Gasteiger partial charge in [0, 0.05) is 37.3 Å². The number of nitrogens with one attached hydrogen (secondary N) is 2. The fraction of sp³-hybridized carbons (Fsp3) is 0.450. The molecule has 2 aromatic rings. The van der Waals surface area contributed by atoms with Gasteiger partial charge in [-0.1, -0.05) is 0 Å². The Morgan fingerprint density at radius 3 is 2.89 bits per heavy atom. The Kier molecular flexibility index (Phi) is 7.36. The first-order valence-electron chi connectivity index (χ1n) is 9.45. The molecule has 1 aliphatic heterocycles. The summed E-state index contributed by atoms with van der Waals surface area (Å²) in [6.07, 6.45) is 5.65. The molecule has 2 N–H and O–H groups in total. The zero-order valence-corrected chi connectivity index (χ0v) is 17.2. The third-order valence-corrected chi connectivity index (χ3v) is 5.30. The Balaban J connectivity index is 1.62. The molecule has 2 heterocycles. The molecule has 1 fully saturated rings. The monoisotopic (exact) mass is 401 g/mol. The number of benzene rings is 1. The van der Waals surface area contributed by atoms with Gasteiger partial charge in [-0.25, -0.2) is 4.98 Å². The van der Waals surface area contributed by atoms with Gasteiger partial charge in [0.15, 0.2) is 0 Å². The maximum Gasteiger partial charge on any atom is 0.227 e. The number of aromatic nitrogens is 2. The van der Waals surface area contributed by atoms with Crippen LogP contribution in [0.4, 0.5) is 17.5 Å². The Labute approximate surface area is 170 Å². The molecule has 0 aliphatic carbocycles. The topological polar surface area (TPSA) is 79.4 Å². The summed E-state index contributed by atoms with van der Waals surface area (Å²) in [5, 5.41) is 6.32. The highest BCUT2D eigenvalue weighted by Crippen LogP contribution is 2.23. The summed E-state index contributed by atoms with van der Waals surface area (Å²) in [6, 6.07) is 9.52. The van der Waals surface area contributed by atoms with Gasteiger partial charge in [0.1, 0.15) is 11.6 Å². The number of anilines is 3. The number of hydrogen-bond acceptors (Lipinski definition) is 7. The van der Waals surface area contributed by atoms with E-state index in [4.69, 9.17) is 4.74 Å². The van der Waals surface area contributed by atoms with Crippen molar-refractivity contribution >= 4 is 35.1 Å². The summed E-state index contributed by atoms with van der Waals surface area (Å²) < 4.78 is 5.18. The molecule has 1 unspecified atom stereocenters. The van der Waals surface area contributed by atoms with Crippen molar-refractivity contribution in [2.24, 2.45) is 5.92 Å². The van der Waals surface area contributed by atoms with Crippen LogP contribution in [0, 0.1) is 5.92 Å². The highest BCUT2D eigenvalue weighted by molar-refractivity contribution is 7.98. The SMILES string of the molecule is COc1ccc(Nc2ccnc(N3CCCC(C(=O)NCCSC)C3)n2)cc1. The number of piperidine rings is 1. The maximum absolute atomic E-state index is 12.4. The molecule has 0 saturated carbocycles. The molecule has 150 valence electrons. The predicted molar refractivity (Wildman–Crippen MR) is 115 cm³/mol. The molecule has 0 bridgehead atoms. The van der Waals surface area contributed by atoms with E-state index in [-0.39, 0.29) is 11.8 Å². The molecule has 0 spiro atoms. The minimum atomic E-state index is -0.0163. The summed E-state index contributed by atoms with van der Waals surface area (Å²) in [7, 11) is 1.65. The van der Waals surface area contributed by atoms with Crippen LogP contribution in [0.5, 0.6) is 5.75 Å². The number of methoxy groups -OCH3 is 1. The van der Waals surface area contributed by atoms with E-state index in [1.807, 2.05) is 36.6 Å². The quantitative estimate of drug-likeness (QED) is 0.659. The first-order chi connectivity index (χ1) is 13.7. The van der Waals surface area contributed by atoms with Gasteiger partial charge in [0.25, 0.3) is 0 Å². The molecule has 1 aliphatic rings. The van der Waals surface area contributed by atoms with Gasteiger partial charge < -0.3 is 20.3 Å². The molecule has 8 heteroatoms. The molecule has 1 saturated heterocycles. The Bertz CT molecular complexity index is 771. The molecule has 28 heavy (non-hydrogen) atoms. The number of ether oxygens (including phenoxy) is 1. The van der Waals surface area contributed by atoms with Crippen molar-refractivity contribution in [1.29, 1.82) is 0 Å². The van der Waals surface area contributed by atoms with E-state index in [0.717, 1.165) is 42.4 Å². The van der Waals surface area contributed by atoms with E-state index < -0.39 is 0 Å². The third-order valence-electron chi connectivity index (χ3n) is 4.69. The van der Waals surface area contributed by atoms with E-state index >= 15 is 0 Å². The Morgan fingerprint density at radius 2 is 2.14 bits per heavy atom. The smallest absolute Gasteiger partial charge is 0.227 e. The highest BCUT2D eigenvalue weighted by atomic mass is 32.2. The van der Waals surface area contributed by atoms with E-state index in [1.54, 1.807) is 25.1 Å². The molecule has 7 nitrogen and oxygen atoms in total. The van der Waals surface area contributed by atoms with Crippen LogP contribution >= 0.6 is 11.8 Å². The second-order valence-corrected chi connectivity index (χ2v) is 7.65. The molecule has 1 amide bonds. The first-order valence-corrected chi connectivity index (χ1v) is 10.8. The summed E-state index contributed by atoms with van der Waals surface area (Å²) in [4.78, 5) is 23.6. The number of hydrogen-bond donors (Lipinski definition) is 2. The van der Waals surface area contributed by atoms with Crippen molar-refractivity contribution in [2.45, 2.75) is 12.8 Å². The van der Waals surface area contributed by atoms with Crippen LogP contribution in [0.2, 0.25) is 0 Å². The Morgan fingerprint density at radius 1 is 1.32 bits per heavy atom. The van der Waals surface area contributed by atoms with E-state index in [2.05, 4.69) is 25.5 Å². The average Bonchev–Trinajstić information content (AvgIpc) is 2.75. The highest BCUT2D eigenvalue weighted by Gasteiger charge is 2.27. The molecule has 1 aromatic carbocycles. The minimum Gasteiger partial charge on any atom is -0.497 e. The largest absolute Gasteiger partial charge is 0.497 e. The Hall–Kier alpha value is -2.48. The summed E-state index contributed by atoms with van der Waals surface area (Å²) in [6.45, 7) is 2.23. The van der Waals surface area contributed by atoms with Crippen molar-refractivity contribution in [1.82, 2.24) is 15.3 Å². The van der Waals surface area contributed by atoms with Crippen LogP contribution in [-0.2, 0) is 4.79 Å². The fourth-order valence-corrected chi connectivity index (χ4v) is 3.49. The number of thioether (sulfide) groups is 1. The van der Waals surface area contributed by atoms with Gasteiger partial charge in [0.05, 0.1) is 13.0 Å². The van der Waals surface area contributed by atoms with Gasteiger partial charge in [-0.3, -0.25) is 4.79 Å².